The van der Waals surface area contributed by atoms with Gasteiger partial charge in [-0.05, 0) is 43.4 Å². The maximum Gasteiger partial charge on any atom is 0.324 e. The van der Waals surface area contributed by atoms with Gasteiger partial charge in [-0.2, -0.15) is 9.97 Å². The second-order valence-electron chi connectivity index (χ2n) is 5.20. The van der Waals surface area contributed by atoms with Gasteiger partial charge >= 0.3 is 6.01 Å². The van der Waals surface area contributed by atoms with Gasteiger partial charge in [0, 0.05) is 0 Å². The number of hydrogen-bond donors (Lipinski definition) is 0. The molecule has 0 aliphatic heterocycles. The predicted octanol–water partition coefficient (Wildman–Crippen LogP) is 4.13. The molecule has 0 N–H and O–H groups in total. The number of unbranched alkanes of at least 4 members (excludes halogenated alkanes) is 1. The molecule has 4 heteroatoms. The lowest BCUT2D eigenvalue weighted by molar-refractivity contribution is 0.434. The number of allylic oxidation sites excluding steroid dienone is 1. The summed E-state index contributed by atoms with van der Waals surface area (Å²) in [6.07, 6.45) is 7.12. The molecule has 0 aliphatic carbocycles. The van der Waals surface area contributed by atoms with E-state index in [1.54, 1.807) is 0 Å². The van der Waals surface area contributed by atoms with Crippen molar-refractivity contribution in [1.29, 1.82) is 0 Å². The molecule has 0 atom stereocenters. The Bertz CT molecular complexity index is 596. The molecule has 0 amide bonds. The maximum atomic E-state index is 5.77. The lowest BCUT2D eigenvalue weighted by atomic mass is 10.0. The minimum absolute atomic E-state index is 0.314. The van der Waals surface area contributed by atoms with Crippen LogP contribution in [0, 0.1) is 0 Å². The van der Waals surface area contributed by atoms with E-state index in [4.69, 9.17) is 4.74 Å². The molecule has 0 saturated carbocycles. The first kappa shape index (κ1) is 15.2. The number of ether oxygens (including phenoxy) is 1. The van der Waals surface area contributed by atoms with E-state index in [0.29, 0.717) is 6.01 Å². The average molecular weight is 283 g/mol. The molecule has 0 bridgehead atoms. The van der Waals surface area contributed by atoms with E-state index in [2.05, 4.69) is 40.6 Å². The molecule has 1 aromatic carbocycles. The summed E-state index contributed by atoms with van der Waals surface area (Å²) in [7, 11) is 0. The molecule has 4 nitrogen and oxygen atoms in total. The van der Waals surface area contributed by atoms with E-state index in [1.165, 1.54) is 31.1 Å². The van der Waals surface area contributed by atoms with Crippen LogP contribution in [0.4, 0.5) is 0 Å². The van der Waals surface area contributed by atoms with Crippen molar-refractivity contribution < 1.29 is 4.74 Å². The third kappa shape index (κ3) is 4.67. The molecule has 110 valence electrons. The van der Waals surface area contributed by atoms with E-state index in [-0.39, 0.29) is 0 Å². The Morgan fingerprint density at radius 3 is 2.67 bits per heavy atom. The minimum atomic E-state index is 0.314. The van der Waals surface area contributed by atoms with Crippen LogP contribution in [0.3, 0.4) is 0 Å². The quantitative estimate of drug-likeness (QED) is 0.717. The van der Waals surface area contributed by atoms with Crippen molar-refractivity contribution in [3.63, 3.8) is 0 Å². The molecular formula is C17H21N3O. The van der Waals surface area contributed by atoms with Crippen LogP contribution in [0.5, 0.6) is 11.8 Å². The number of nitrogens with zero attached hydrogens (tertiary/aromatic N) is 3. The number of aromatic nitrogens is 3. The lowest BCUT2D eigenvalue weighted by Crippen LogP contribution is -1.98. The van der Waals surface area contributed by atoms with Crippen molar-refractivity contribution in [3.8, 4) is 11.8 Å². The zero-order valence-electron chi connectivity index (χ0n) is 12.7. The second kappa shape index (κ2) is 7.53. The van der Waals surface area contributed by atoms with Crippen molar-refractivity contribution in [2.75, 3.05) is 0 Å². The molecule has 0 fully saturated rings. The van der Waals surface area contributed by atoms with Gasteiger partial charge in [0.2, 0.25) is 0 Å². The Labute approximate surface area is 125 Å². The zero-order chi connectivity index (χ0) is 15.1. The van der Waals surface area contributed by atoms with Crippen molar-refractivity contribution in [3.05, 3.63) is 54.1 Å². The first-order valence-corrected chi connectivity index (χ1v) is 7.25. The number of benzene rings is 1. The standard InChI is InChI=1S/C17H21N3O/c1-4-5-6-14-7-8-16(15(10-14)9-13(2)3)21-17-19-11-18-12-20-17/h7-8,10-12H,2,4-6,9H2,1,3H3. The lowest BCUT2D eigenvalue weighted by Gasteiger charge is -2.12. The summed E-state index contributed by atoms with van der Waals surface area (Å²) in [4.78, 5) is 11.8. The van der Waals surface area contributed by atoms with Gasteiger partial charge in [0.05, 0.1) is 0 Å². The highest BCUT2D eigenvalue weighted by Gasteiger charge is 2.08. The van der Waals surface area contributed by atoms with Crippen molar-refractivity contribution in [2.24, 2.45) is 0 Å². The number of rotatable bonds is 7. The fraction of sp³-hybridized carbons (Fsp3) is 0.353. The van der Waals surface area contributed by atoms with Gasteiger partial charge in [0.15, 0.2) is 0 Å². The van der Waals surface area contributed by atoms with Crippen molar-refractivity contribution >= 4 is 0 Å². The highest BCUT2D eigenvalue weighted by Crippen LogP contribution is 2.26. The number of aryl methyl sites for hydroxylation is 1. The van der Waals surface area contributed by atoms with E-state index in [9.17, 15) is 0 Å². The molecule has 0 aliphatic rings. The third-order valence-corrected chi connectivity index (χ3v) is 3.11. The normalized spacial score (nSPS) is 10.4. The SMILES string of the molecule is C=C(C)Cc1cc(CCCC)ccc1Oc1ncncn1. The summed E-state index contributed by atoms with van der Waals surface area (Å²) in [6.45, 7) is 8.21. The molecule has 1 heterocycles. The smallest absolute Gasteiger partial charge is 0.324 e. The van der Waals surface area contributed by atoms with Gasteiger partial charge < -0.3 is 4.74 Å². The highest BCUT2D eigenvalue weighted by atomic mass is 16.5. The summed E-state index contributed by atoms with van der Waals surface area (Å²) >= 11 is 0. The summed E-state index contributed by atoms with van der Waals surface area (Å²) in [5.41, 5.74) is 3.55. The van der Waals surface area contributed by atoms with Crippen LogP contribution in [0.2, 0.25) is 0 Å². The van der Waals surface area contributed by atoms with Crippen LogP contribution in [0.1, 0.15) is 37.8 Å². The van der Waals surface area contributed by atoms with Gasteiger partial charge in [-0.15, -0.1) is 0 Å². The molecule has 0 radical (unpaired) electrons. The molecule has 0 unspecified atom stereocenters. The second-order valence-corrected chi connectivity index (χ2v) is 5.20. The van der Waals surface area contributed by atoms with Crippen LogP contribution in [-0.2, 0) is 12.8 Å². The predicted molar refractivity (Wildman–Crippen MR) is 83.5 cm³/mol. The minimum Gasteiger partial charge on any atom is -0.424 e. The largest absolute Gasteiger partial charge is 0.424 e. The van der Waals surface area contributed by atoms with E-state index in [0.717, 1.165) is 29.7 Å². The van der Waals surface area contributed by atoms with Gasteiger partial charge in [-0.3, -0.25) is 0 Å². The van der Waals surface area contributed by atoms with Gasteiger partial charge in [0.1, 0.15) is 18.4 Å². The van der Waals surface area contributed by atoms with Crippen molar-refractivity contribution in [1.82, 2.24) is 15.0 Å². The molecular weight excluding hydrogens is 262 g/mol. The Balaban J connectivity index is 2.24. The third-order valence-electron chi connectivity index (χ3n) is 3.11. The Morgan fingerprint density at radius 2 is 2.00 bits per heavy atom. The Hall–Kier alpha value is -2.23. The Kier molecular flexibility index (Phi) is 5.43. The van der Waals surface area contributed by atoms with E-state index in [1.807, 2.05) is 13.0 Å². The van der Waals surface area contributed by atoms with Crippen molar-refractivity contribution in [2.45, 2.75) is 39.5 Å². The first-order valence-electron chi connectivity index (χ1n) is 7.25. The zero-order valence-corrected chi connectivity index (χ0v) is 12.7. The maximum absolute atomic E-state index is 5.77. The van der Waals surface area contributed by atoms with Crippen LogP contribution in [-0.4, -0.2) is 15.0 Å². The van der Waals surface area contributed by atoms with Crippen LogP contribution in [0.15, 0.2) is 43.0 Å². The fourth-order valence-electron chi connectivity index (χ4n) is 2.11. The summed E-state index contributed by atoms with van der Waals surface area (Å²) in [6, 6.07) is 6.61. The molecule has 1 aromatic heterocycles. The molecule has 2 rings (SSSR count). The molecule has 0 spiro atoms. The summed E-state index contributed by atoms with van der Waals surface area (Å²) in [5, 5.41) is 0. The number of hydrogen-bond acceptors (Lipinski definition) is 4. The van der Waals surface area contributed by atoms with Crippen LogP contribution >= 0.6 is 0 Å². The first-order chi connectivity index (χ1) is 10.2. The van der Waals surface area contributed by atoms with Gasteiger partial charge in [0.25, 0.3) is 0 Å². The van der Waals surface area contributed by atoms with Gasteiger partial charge in [-0.1, -0.05) is 37.6 Å². The Morgan fingerprint density at radius 1 is 1.24 bits per heavy atom. The molecule has 21 heavy (non-hydrogen) atoms. The van der Waals surface area contributed by atoms with Gasteiger partial charge in [-0.25, -0.2) is 4.98 Å². The van der Waals surface area contributed by atoms with Crippen LogP contribution in [0.25, 0.3) is 0 Å². The summed E-state index contributed by atoms with van der Waals surface area (Å²) < 4.78 is 5.77. The molecule has 0 saturated heterocycles. The fourth-order valence-corrected chi connectivity index (χ4v) is 2.11. The average Bonchev–Trinajstić information content (AvgIpc) is 2.48. The van der Waals surface area contributed by atoms with E-state index < -0.39 is 0 Å². The molecule has 2 aromatic rings. The highest BCUT2D eigenvalue weighted by molar-refractivity contribution is 5.40. The van der Waals surface area contributed by atoms with Crippen LogP contribution < -0.4 is 4.74 Å². The van der Waals surface area contributed by atoms with E-state index >= 15 is 0 Å². The monoisotopic (exact) mass is 283 g/mol. The summed E-state index contributed by atoms with van der Waals surface area (Å²) in [5.74, 6) is 0.782. The topological polar surface area (TPSA) is 47.9 Å².